The van der Waals surface area contributed by atoms with Crippen molar-refractivity contribution in [3.8, 4) is 10.4 Å². The highest BCUT2D eigenvalue weighted by Gasteiger charge is 2.14. The highest BCUT2D eigenvalue weighted by atomic mass is 79.9. The van der Waals surface area contributed by atoms with E-state index in [0.29, 0.717) is 5.02 Å². The van der Waals surface area contributed by atoms with Gasteiger partial charge < -0.3 is 10.8 Å². The predicted octanol–water partition coefficient (Wildman–Crippen LogP) is 4.11. The predicted molar refractivity (Wildman–Crippen MR) is 73.8 cm³/mol. The minimum absolute atomic E-state index is 0.149. The molecule has 0 spiro atoms. The van der Waals surface area contributed by atoms with E-state index >= 15 is 0 Å². The van der Waals surface area contributed by atoms with E-state index in [1.54, 1.807) is 18.2 Å². The largest absolute Gasteiger partial charge is 0.477 e. The van der Waals surface area contributed by atoms with Gasteiger partial charge in [-0.1, -0.05) is 27.5 Å². The van der Waals surface area contributed by atoms with Crippen LogP contribution in [0.5, 0.6) is 0 Å². The summed E-state index contributed by atoms with van der Waals surface area (Å²) >= 11 is 10.4. The van der Waals surface area contributed by atoms with Gasteiger partial charge in [0.05, 0.1) is 5.69 Å². The number of carbonyl (C=O) groups is 1. The molecule has 0 saturated heterocycles. The smallest absolute Gasteiger partial charge is 0.348 e. The molecule has 0 saturated carbocycles. The number of anilines is 1. The number of carboxylic acid groups (broad SMARTS) is 1. The third-order valence-corrected chi connectivity index (χ3v) is 3.97. The lowest BCUT2D eigenvalue weighted by Crippen LogP contribution is -1.96. The summed E-state index contributed by atoms with van der Waals surface area (Å²) in [6.45, 7) is 0. The van der Waals surface area contributed by atoms with Crippen molar-refractivity contribution in [1.29, 1.82) is 0 Å². The van der Waals surface area contributed by atoms with Crippen molar-refractivity contribution in [1.82, 2.24) is 0 Å². The Labute approximate surface area is 115 Å². The summed E-state index contributed by atoms with van der Waals surface area (Å²) in [5, 5.41) is 9.51. The van der Waals surface area contributed by atoms with Crippen LogP contribution in [0.15, 0.2) is 28.7 Å². The van der Waals surface area contributed by atoms with Crippen LogP contribution in [-0.4, -0.2) is 11.1 Å². The van der Waals surface area contributed by atoms with Gasteiger partial charge in [0.2, 0.25) is 0 Å². The fraction of sp³-hybridized carbons (Fsp3) is 0. The van der Waals surface area contributed by atoms with Crippen LogP contribution in [0.25, 0.3) is 10.4 Å². The maximum Gasteiger partial charge on any atom is 0.348 e. The maximum absolute atomic E-state index is 10.9. The summed E-state index contributed by atoms with van der Waals surface area (Å²) in [7, 11) is 0. The lowest BCUT2D eigenvalue weighted by Gasteiger charge is -1.99. The summed E-state index contributed by atoms with van der Waals surface area (Å²) in [5.74, 6) is -1.01. The Morgan fingerprint density at radius 3 is 2.59 bits per heavy atom. The van der Waals surface area contributed by atoms with Gasteiger partial charge in [-0.25, -0.2) is 4.79 Å². The molecule has 0 amide bonds. The minimum Gasteiger partial charge on any atom is -0.477 e. The number of hydrogen-bond donors (Lipinski definition) is 2. The molecule has 1 aromatic heterocycles. The van der Waals surface area contributed by atoms with Crippen LogP contribution < -0.4 is 5.73 Å². The number of hydrogen-bond acceptors (Lipinski definition) is 3. The molecule has 1 heterocycles. The van der Waals surface area contributed by atoms with Gasteiger partial charge in [-0.2, -0.15) is 0 Å². The van der Waals surface area contributed by atoms with Crippen LogP contribution in [0.4, 0.5) is 5.69 Å². The van der Waals surface area contributed by atoms with Crippen molar-refractivity contribution < 1.29 is 9.90 Å². The van der Waals surface area contributed by atoms with Gasteiger partial charge in [0.15, 0.2) is 0 Å². The Kier molecular flexibility index (Phi) is 3.42. The number of thiophene rings is 1. The third kappa shape index (κ3) is 2.62. The summed E-state index contributed by atoms with van der Waals surface area (Å²) < 4.78 is 0.837. The molecule has 3 N–H and O–H groups in total. The van der Waals surface area contributed by atoms with Gasteiger partial charge in [-0.3, -0.25) is 0 Å². The first-order valence-corrected chi connectivity index (χ1v) is 6.55. The molecule has 6 heteroatoms. The fourth-order valence-corrected chi connectivity index (χ4v) is 3.18. The summed E-state index contributed by atoms with van der Waals surface area (Å²) in [4.78, 5) is 11.8. The van der Waals surface area contributed by atoms with Crippen LogP contribution >= 0.6 is 38.9 Å². The number of benzene rings is 1. The number of carboxylic acids is 1. The van der Waals surface area contributed by atoms with Gasteiger partial charge in [-0.15, -0.1) is 11.3 Å². The molecule has 0 aliphatic carbocycles. The second-order valence-corrected chi connectivity index (χ2v) is 5.76. The molecule has 3 nitrogen and oxygen atoms in total. The van der Waals surface area contributed by atoms with E-state index in [9.17, 15) is 4.79 Å². The molecule has 0 unspecified atom stereocenters. The second-order valence-electron chi connectivity index (χ2n) is 3.36. The van der Waals surface area contributed by atoms with E-state index in [0.717, 1.165) is 26.3 Å². The van der Waals surface area contributed by atoms with E-state index in [-0.39, 0.29) is 10.6 Å². The molecule has 0 atom stereocenters. The van der Waals surface area contributed by atoms with Gasteiger partial charge in [0, 0.05) is 14.4 Å². The molecule has 0 fully saturated rings. The monoisotopic (exact) mass is 331 g/mol. The molecule has 0 aliphatic heterocycles. The molecule has 1 aromatic carbocycles. The second kappa shape index (κ2) is 4.68. The van der Waals surface area contributed by atoms with Crippen LogP contribution in [0.3, 0.4) is 0 Å². The van der Waals surface area contributed by atoms with Crippen LogP contribution in [0, 0.1) is 0 Å². The topological polar surface area (TPSA) is 63.3 Å². The van der Waals surface area contributed by atoms with E-state index in [4.69, 9.17) is 22.4 Å². The van der Waals surface area contributed by atoms with E-state index in [1.165, 1.54) is 0 Å². The zero-order valence-corrected chi connectivity index (χ0v) is 11.6. The van der Waals surface area contributed by atoms with E-state index in [1.807, 2.05) is 6.07 Å². The Balaban J connectivity index is 2.53. The van der Waals surface area contributed by atoms with Gasteiger partial charge in [-0.05, 0) is 29.8 Å². The maximum atomic E-state index is 10.9. The molecule has 0 radical (unpaired) electrons. The van der Waals surface area contributed by atoms with Crippen LogP contribution in [0.2, 0.25) is 5.02 Å². The molecule has 17 heavy (non-hydrogen) atoms. The molecule has 2 rings (SSSR count). The van der Waals surface area contributed by atoms with E-state index in [2.05, 4.69) is 15.9 Å². The van der Waals surface area contributed by atoms with Crippen molar-refractivity contribution in [2.45, 2.75) is 0 Å². The molecular formula is C11H7BrClNO2S. The highest BCUT2D eigenvalue weighted by molar-refractivity contribution is 9.10. The SMILES string of the molecule is Nc1cc(-c2cc(Cl)cc(Br)c2)sc1C(=O)O. The van der Waals surface area contributed by atoms with Crippen molar-refractivity contribution in [2.24, 2.45) is 0 Å². The van der Waals surface area contributed by atoms with E-state index < -0.39 is 5.97 Å². The lowest BCUT2D eigenvalue weighted by atomic mass is 10.2. The standard InChI is InChI=1S/C11H7BrClNO2S/c12-6-1-5(2-7(13)3-6)9-4-8(14)10(17-9)11(15)16/h1-4H,14H2,(H,15,16). The van der Waals surface area contributed by atoms with Crippen LogP contribution in [0.1, 0.15) is 9.67 Å². The zero-order valence-electron chi connectivity index (χ0n) is 8.41. The third-order valence-electron chi connectivity index (χ3n) is 2.10. The average Bonchev–Trinajstić information content (AvgIpc) is 2.59. The van der Waals surface area contributed by atoms with Gasteiger partial charge >= 0.3 is 5.97 Å². The summed E-state index contributed by atoms with van der Waals surface area (Å²) in [6.07, 6.45) is 0. The highest BCUT2D eigenvalue weighted by Crippen LogP contribution is 2.35. The number of rotatable bonds is 2. The van der Waals surface area contributed by atoms with Crippen molar-refractivity contribution in [2.75, 3.05) is 5.73 Å². The molecule has 0 bridgehead atoms. The molecular weight excluding hydrogens is 326 g/mol. The average molecular weight is 333 g/mol. The Bertz CT molecular complexity index is 577. The fourth-order valence-electron chi connectivity index (χ4n) is 1.41. The van der Waals surface area contributed by atoms with Crippen molar-refractivity contribution >= 4 is 50.5 Å². The first kappa shape index (κ1) is 12.4. The summed E-state index contributed by atoms with van der Waals surface area (Å²) in [5.41, 5.74) is 6.75. The van der Waals surface area contributed by atoms with Gasteiger partial charge in [0.25, 0.3) is 0 Å². The summed E-state index contributed by atoms with van der Waals surface area (Å²) in [6, 6.07) is 7.04. The molecule has 0 aliphatic rings. The minimum atomic E-state index is -1.01. The lowest BCUT2D eigenvalue weighted by molar-refractivity contribution is 0.0703. The first-order valence-electron chi connectivity index (χ1n) is 4.56. The Hall–Kier alpha value is -1.04. The first-order chi connectivity index (χ1) is 7.97. The normalized spacial score (nSPS) is 10.5. The number of aromatic carboxylic acids is 1. The Morgan fingerprint density at radius 2 is 2.06 bits per heavy atom. The zero-order chi connectivity index (χ0) is 12.6. The van der Waals surface area contributed by atoms with Crippen molar-refractivity contribution in [3.05, 3.63) is 38.6 Å². The number of halogens is 2. The van der Waals surface area contributed by atoms with Crippen molar-refractivity contribution in [3.63, 3.8) is 0 Å². The quantitative estimate of drug-likeness (QED) is 0.870. The molecule has 2 aromatic rings. The number of nitrogen functional groups attached to an aromatic ring is 1. The van der Waals surface area contributed by atoms with Crippen LogP contribution in [-0.2, 0) is 0 Å². The number of nitrogens with two attached hydrogens (primary N) is 1. The molecule has 88 valence electrons. The Morgan fingerprint density at radius 1 is 1.35 bits per heavy atom. The van der Waals surface area contributed by atoms with Gasteiger partial charge in [0.1, 0.15) is 4.88 Å².